The summed E-state index contributed by atoms with van der Waals surface area (Å²) in [6, 6.07) is 0.416. The molecule has 1 aromatic rings. The summed E-state index contributed by atoms with van der Waals surface area (Å²) in [5.41, 5.74) is 5.84. The van der Waals surface area contributed by atoms with E-state index in [-0.39, 0.29) is 5.95 Å². The van der Waals surface area contributed by atoms with Gasteiger partial charge < -0.3 is 20.7 Å². The van der Waals surface area contributed by atoms with E-state index in [4.69, 9.17) is 10.5 Å². The van der Waals surface area contributed by atoms with Gasteiger partial charge in [0.25, 0.3) is 0 Å². The van der Waals surface area contributed by atoms with Crippen LogP contribution < -0.4 is 16.0 Å². The topological polar surface area (TPSA) is 89.2 Å². The first kappa shape index (κ1) is 14.3. The van der Waals surface area contributed by atoms with Gasteiger partial charge in [-0.1, -0.05) is 13.8 Å². The van der Waals surface area contributed by atoms with Crippen molar-refractivity contribution in [2.24, 2.45) is 11.8 Å². The van der Waals surface area contributed by atoms with Gasteiger partial charge in [0, 0.05) is 19.1 Å². The summed E-state index contributed by atoms with van der Waals surface area (Å²) in [6.45, 7) is 7.56. The van der Waals surface area contributed by atoms with Crippen LogP contribution in [-0.2, 0) is 4.74 Å². The highest BCUT2D eigenvalue weighted by Crippen LogP contribution is 2.32. The van der Waals surface area contributed by atoms with Crippen LogP contribution in [0, 0.1) is 11.8 Å². The lowest BCUT2D eigenvalue weighted by atomic mass is 9.98. The lowest BCUT2D eigenvalue weighted by molar-refractivity contribution is 0.122. The fourth-order valence-corrected chi connectivity index (χ4v) is 3.08. The van der Waals surface area contributed by atoms with E-state index in [2.05, 4.69) is 39.0 Å². The Morgan fingerprint density at radius 2 is 1.90 bits per heavy atom. The summed E-state index contributed by atoms with van der Waals surface area (Å²) >= 11 is 0. The SMILES string of the molecule is CC1CCC(Nc2nc(N)nc(N3CCOCC3)n2)C1C. The highest BCUT2D eigenvalue weighted by Gasteiger charge is 2.30. The lowest BCUT2D eigenvalue weighted by Crippen LogP contribution is -2.37. The molecular weight excluding hydrogens is 268 g/mol. The monoisotopic (exact) mass is 292 g/mol. The minimum absolute atomic E-state index is 0.271. The average molecular weight is 292 g/mol. The van der Waals surface area contributed by atoms with Crippen molar-refractivity contribution in [2.75, 3.05) is 42.3 Å². The van der Waals surface area contributed by atoms with Crippen LogP contribution in [0.2, 0.25) is 0 Å². The number of nitrogens with zero attached hydrogens (tertiary/aromatic N) is 4. The van der Waals surface area contributed by atoms with Gasteiger partial charge in [-0.25, -0.2) is 0 Å². The van der Waals surface area contributed by atoms with E-state index < -0.39 is 0 Å². The number of aromatic nitrogens is 3. The van der Waals surface area contributed by atoms with E-state index in [0.717, 1.165) is 25.4 Å². The van der Waals surface area contributed by atoms with Crippen molar-refractivity contribution in [1.82, 2.24) is 15.0 Å². The first-order valence-corrected chi connectivity index (χ1v) is 7.74. The molecule has 2 fully saturated rings. The number of nitrogens with two attached hydrogens (primary N) is 1. The van der Waals surface area contributed by atoms with Crippen LogP contribution in [0.5, 0.6) is 0 Å². The molecule has 2 aliphatic rings. The van der Waals surface area contributed by atoms with Crippen LogP contribution in [-0.4, -0.2) is 47.3 Å². The van der Waals surface area contributed by atoms with Crippen LogP contribution >= 0.6 is 0 Å². The van der Waals surface area contributed by atoms with Gasteiger partial charge in [0.15, 0.2) is 0 Å². The van der Waals surface area contributed by atoms with Gasteiger partial charge in [-0.3, -0.25) is 0 Å². The highest BCUT2D eigenvalue weighted by molar-refractivity contribution is 5.42. The maximum Gasteiger partial charge on any atom is 0.232 e. The predicted octanol–water partition coefficient (Wildman–Crippen LogP) is 1.14. The second kappa shape index (κ2) is 6.01. The van der Waals surface area contributed by atoms with Crippen molar-refractivity contribution in [2.45, 2.75) is 32.7 Å². The van der Waals surface area contributed by atoms with E-state index in [9.17, 15) is 0 Å². The maximum atomic E-state index is 5.84. The number of anilines is 3. The van der Waals surface area contributed by atoms with Crippen LogP contribution in [0.15, 0.2) is 0 Å². The van der Waals surface area contributed by atoms with Crippen LogP contribution in [0.3, 0.4) is 0 Å². The molecule has 1 aromatic heterocycles. The number of nitrogen functional groups attached to an aromatic ring is 1. The summed E-state index contributed by atoms with van der Waals surface area (Å²) in [5.74, 6) is 2.87. The Bertz CT molecular complexity index is 490. The zero-order chi connectivity index (χ0) is 14.8. The summed E-state index contributed by atoms with van der Waals surface area (Å²) in [4.78, 5) is 15.1. The number of rotatable bonds is 3. The van der Waals surface area contributed by atoms with Gasteiger partial charge in [-0.15, -0.1) is 0 Å². The van der Waals surface area contributed by atoms with Gasteiger partial charge in [0.05, 0.1) is 13.2 Å². The van der Waals surface area contributed by atoms with Crippen molar-refractivity contribution < 1.29 is 4.74 Å². The molecule has 3 atom stereocenters. The van der Waals surface area contributed by atoms with E-state index >= 15 is 0 Å². The largest absolute Gasteiger partial charge is 0.378 e. The highest BCUT2D eigenvalue weighted by atomic mass is 16.5. The molecule has 7 heteroatoms. The van der Waals surface area contributed by atoms with Crippen molar-refractivity contribution in [3.8, 4) is 0 Å². The fraction of sp³-hybridized carbons (Fsp3) is 0.786. The molecule has 1 aliphatic carbocycles. The quantitative estimate of drug-likeness (QED) is 0.863. The van der Waals surface area contributed by atoms with Gasteiger partial charge in [-0.2, -0.15) is 15.0 Å². The normalized spacial score (nSPS) is 29.6. The molecular formula is C14H24N6O. The maximum absolute atomic E-state index is 5.84. The molecule has 1 aliphatic heterocycles. The molecule has 116 valence electrons. The third-order valence-electron chi connectivity index (χ3n) is 4.71. The zero-order valence-electron chi connectivity index (χ0n) is 12.7. The van der Waals surface area contributed by atoms with Crippen LogP contribution in [0.1, 0.15) is 26.7 Å². The number of nitrogens with one attached hydrogen (secondary N) is 1. The Hall–Kier alpha value is -1.63. The number of hydrogen-bond donors (Lipinski definition) is 2. The standard InChI is InChI=1S/C14H24N6O/c1-9-3-4-11(10(9)2)16-13-17-12(15)18-14(19-13)20-5-7-21-8-6-20/h9-11H,3-8H2,1-2H3,(H3,15,16,17,18,19). The molecule has 2 heterocycles. The number of hydrogen-bond acceptors (Lipinski definition) is 7. The molecule has 7 nitrogen and oxygen atoms in total. The Labute approximate surface area is 125 Å². The van der Waals surface area contributed by atoms with Gasteiger partial charge >= 0.3 is 0 Å². The van der Waals surface area contributed by atoms with Gasteiger partial charge in [-0.05, 0) is 24.7 Å². The van der Waals surface area contributed by atoms with Crippen molar-refractivity contribution in [3.05, 3.63) is 0 Å². The van der Waals surface area contributed by atoms with Crippen molar-refractivity contribution in [3.63, 3.8) is 0 Å². The van der Waals surface area contributed by atoms with Crippen LogP contribution in [0.4, 0.5) is 17.8 Å². The van der Waals surface area contributed by atoms with E-state index in [1.807, 2.05) is 0 Å². The van der Waals surface area contributed by atoms with Gasteiger partial charge in [0.2, 0.25) is 17.8 Å². The summed E-state index contributed by atoms with van der Waals surface area (Å²) < 4.78 is 5.36. The molecule has 3 unspecified atom stereocenters. The zero-order valence-corrected chi connectivity index (χ0v) is 12.7. The average Bonchev–Trinajstić information content (AvgIpc) is 2.80. The first-order chi connectivity index (χ1) is 10.1. The molecule has 0 radical (unpaired) electrons. The molecule has 3 N–H and O–H groups in total. The smallest absolute Gasteiger partial charge is 0.232 e. The molecule has 0 bridgehead atoms. The minimum atomic E-state index is 0.271. The molecule has 0 aromatic carbocycles. The number of ether oxygens (including phenoxy) is 1. The van der Waals surface area contributed by atoms with E-state index in [0.29, 0.717) is 37.1 Å². The summed E-state index contributed by atoms with van der Waals surface area (Å²) in [7, 11) is 0. The minimum Gasteiger partial charge on any atom is -0.378 e. The molecule has 1 saturated carbocycles. The molecule has 3 rings (SSSR count). The fourth-order valence-electron chi connectivity index (χ4n) is 3.08. The Kier molecular flexibility index (Phi) is 4.10. The first-order valence-electron chi connectivity index (χ1n) is 7.74. The third kappa shape index (κ3) is 3.18. The Balaban J connectivity index is 1.74. The third-order valence-corrected chi connectivity index (χ3v) is 4.71. The van der Waals surface area contributed by atoms with Crippen molar-refractivity contribution in [1.29, 1.82) is 0 Å². The summed E-state index contributed by atoms with van der Waals surface area (Å²) in [6.07, 6.45) is 2.40. The predicted molar refractivity (Wildman–Crippen MR) is 82.2 cm³/mol. The molecule has 1 saturated heterocycles. The Morgan fingerprint density at radius 1 is 1.14 bits per heavy atom. The molecule has 21 heavy (non-hydrogen) atoms. The number of morpholine rings is 1. The molecule has 0 amide bonds. The molecule has 0 spiro atoms. The van der Waals surface area contributed by atoms with E-state index in [1.54, 1.807) is 0 Å². The van der Waals surface area contributed by atoms with Gasteiger partial charge in [0.1, 0.15) is 0 Å². The van der Waals surface area contributed by atoms with E-state index in [1.165, 1.54) is 6.42 Å². The van der Waals surface area contributed by atoms with Crippen molar-refractivity contribution >= 4 is 17.8 Å². The lowest BCUT2D eigenvalue weighted by Gasteiger charge is -2.27. The summed E-state index contributed by atoms with van der Waals surface area (Å²) in [5, 5.41) is 3.44. The Morgan fingerprint density at radius 3 is 2.57 bits per heavy atom. The second-order valence-corrected chi connectivity index (χ2v) is 6.08. The second-order valence-electron chi connectivity index (χ2n) is 6.08. The van der Waals surface area contributed by atoms with Crippen LogP contribution in [0.25, 0.3) is 0 Å².